The average molecular weight is 352 g/mol. The van der Waals surface area contributed by atoms with Crippen molar-refractivity contribution in [2.24, 2.45) is 0 Å². The lowest BCUT2D eigenvalue weighted by Crippen LogP contribution is -2.32. The molecule has 26 heavy (non-hydrogen) atoms. The van der Waals surface area contributed by atoms with Gasteiger partial charge in [-0.05, 0) is 55.9 Å². The fraction of sp³-hybridized carbons (Fsp3) is 0.409. The third-order valence-electron chi connectivity index (χ3n) is 4.89. The fourth-order valence-electron chi connectivity index (χ4n) is 3.27. The number of rotatable bonds is 6. The lowest BCUT2D eigenvalue weighted by atomic mass is 10.0. The van der Waals surface area contributed by atoms with Gasteiger partial charge in [-0.25, -0.2) is 4.79 Å². The van der Waals surface area contributed by atoms with Crippen LogP contribution >= 0.6 is 0 Å². The predicted octanol–water partition coefficient (Wildman–Crippen LogP) is 5.08. The minimum Gasteiger partial charge on any atom is -0.378 e. The van der Waals surface area contributed by atoms with E-state index in [-0.39, 0.29) is 6.03 Å². The van der Waals surface area contributed by atoms with E-state index in [9.17, 15) is 4.79 Å². The standard InChI is InChI=1S/C22H28N2O2/c1-17-10-12-18(13-11-17)19-6-3-7-20(16-19)23-22(25)24(2)14-4-8-21-9-5-15-26-21/h3,6-7,10-13,16,21H,4-5,8-9,14-15H2,1-2H3,(H,23,25)/t21-/m0/s1. The summed E-state index contributed by atoms with van der Waals surface area (Å²) in [6, 6.07) is 16.3. The molecule has 138 valence electrons. The van der Waals surface area contributed by atoms with Gasteiger partial charge in [-0.15, -0.1) is 0 Å². The molecule has 2 aromatic rings. The number of hydrogen-bond acceptors (Lipinski definition) is 2. The lowest BCUT2D eigenvalue weighted by Gasteiger charge is -2.19. The molecule has 4 nitrogen and oxygen atoms in total. The third kappa shape index (κ3) is 5.09. The second-order valence-corrected chi connectivity index (χ2v) is 7.08. The zero-order chi connectivity index (χ0) is 18.4. The molecule has 1 N–H and O–H groups in total. The van der Waals surface area contributed by atoms with Gasteiger partial charge in [0.15, 0.2) is 0 Å². The van der Waals surface area contributed by atoms with E-state index in [2.05, 4.69) is 42.6 Å². The van der Waals surface area contributed by atoms with Gasteiger partial charge in [-0.3, -0.25) is 0 Å². The Bertz CT molecular complexity index is 721. The third-order valence-corrected chi connectivity index (χ3v) is 4.89. The first-order valence-electron chi connectivity index (χ1n) is 9.42. The molecule has 1 saturated heterocycles. The Morgan fingerprint density at radius 1 is 1.19 bits per heavy atom. The van der Waals surface area contributed by atoms with Crippen molar-refractivity contribution >= 4 is 11.7 Å². The Labute approximate surface area is 156 Å². The van der Waals surface area contributed by atoms with Gasteiger partial charge in [-0.1, -0.05) is 42.0 Å². The first-order valence-corrected chi connectivity index (χ1v) is 9.42. The fourth-order valence-corrected chi connectivity index (χ4v) is 3.27. The summed E-state index contributed by atoms with van der Waals surface area (Å²) in [5.74, 6) is 0. The normalized spacial score (nSPS) is 16.5. The monoisotopic (exact) mass is 352 g/mol. The summed E-state index contributed by atoms with van der Waals surface area (Å²) in [6.45, 7) is 3.71. The first-order chi connectivity index (χ1) is 12.6. The number of carbonyl (C=O) groups is 1. The zero-order valence-corrected chi connectivity index (χ0v) is 15.7. The second kappa shape index (κ2) is 8.86. The molecule has 1 heterocycles. The number of nitrogens with zero attached hydrogens (tertiary/aromatic N) is 1. The summed E-state index contributed by atoms with van der Waals surface area (Å²) in [4.78, 5) is 14.2. The van der Waals surface area contributed by atoms with Crippen molar-refractivity contribution in [1.29, 1.82) is 0 Å². The maximum atomic E-state index is 12.4. The number of anilines is 1. The van der Waals surface area contributed by atoms with Gasteiger partial charge in [0, 0.05) is 25.9 Å². The van der Waals surface area contributed by atoms with Crippen LogP contribution in [0.25, 0.3) is 11.1 Å². The largest absolute Gasteiger partial charge is 0.378 e. The molecular formula is C22H28N2O2. The smallest absolute Gasteiger partial charge is 0.321 e. The number of ether oxygens (including phenoxy) is 1. The minimum absolute atomic E-state index is 0.0709. The molecule has 0 bridgehead atoms. The summed E-state index contributed by atoms with van der Waals surface area (Å²) >= 11 is 0. The van der Waals surface area contributed by atoms with Crippen LogP contribution in [0.4, 0.5) is 10.5 Å². The predicted molar refractivity (Wildman–Crippen MR) is 106 cm³/mol. The van der Waals surface area contributed by atoms with E-state index >= 15 is 0 Å². The van der Waals surface area contributed by atoms with Crippen LogP contribution in [0.15, 0.2) is 48.5 Å². The van der Waals surface area contributed by atoms with E-state index in [0.29, 0.717) is 6.10 Å². The highest BCUT2D eigenvalue weighted by Gasteiger charge is 2.16. The van der Waals surface area contributed by atoms with E-state index in [1.807, 2.05) is 25.2 Å². The molecule has 1 atom stereocenters. The van der Waals surface area contributed by atoms with E-state index in [1.165, 1.54) is 5.56 Å². The molecule has 0 aliphatic carbocycles. The summed E-state index contributed by atoms with van der Waals surface area (Å²) in [5.41, 5.74) is 4.31. The molecule has 0 unspecified atom stereocenters. The van der Waals surface area contributed by atoms with Gasteiger partial charge in [0.05, 0.1) is 6.10 Å². The molecule has 1 aliphatic heterocycles. The van der Waals surface area contributed by atoms with Gasteiger partial charge in [0.25, 0.3) is 0 Å². The zero-order valence-electron chi connectivity index (χ0n) is 15.7. The Kier molecular flexibility index (Phi) is 6.29. The van der Waals surface area contributed by atoms with E-state index in [4.69, 9.17) is 4.74 Å². The maximum absolute atomic E-state index is 12.4. The Morgan fingerprint density at radius 3 is 2.73 bits per heavy atom. The highest BCUT2D eigenvalue weighted by atomic mass is 16.5. The van der Waals surface area contributed by atoms with E-state index < -0.39 is 0 Å². The summed E-state index contributed by atoms with van der Waals surface area (Å²) in [7, 11) is 1.84. The van der Waals surface area contributed by atoms with Gasteiger partial charge in [0.1, 0.15) is 0 Å². The quantitative estimate of drug-likeness (QED) is 0.787. The number of amides is 2. The van der Waals surface area contributed by atoms with Gasteiger partial charge in [-0.2, -0.15) is 0 Å². The van der Waals surface area contributed by atoms with Crippen LogP contribution in [0.5, 0.6) is 0 Å². The molecule has 2 aromatic carbocycles. The number of carbonyl (C=O) groups excluding carboxylic acids is 1. The molecular weight excluding hydrogens is 324 g/mol. The molecule has 4 heteroatoms. The molecule has 0 spiro atoms. The number of benzene rings is 2. The van der Waals surface area contributed by atoms with Crippen LogP contribution in [0.1, 0.15) is 31.2 Å². The van der Waals surface area contributed by atoms with Crippen molar-refractivity contribution in [3.05, 3.63) is 54.1 Å². The van der Waals surface area contributed by atoms with Crippen LogP contribution in [0, 0.1) is 6.92 Å². The van der Waals surface area contributed by atoms with E-state index in [1.54, 1.807) is 4.90 Å². The lowest BCUT2D eigenvalue weighted by molar-refractivity contribution is 0.101. The number of hydrogen-bond donors (Lipinski definition) is 1. The molecule has 1 fully saturated rings. The average Bonchev–Trinajstić information content (AvgIpc) is 3.16. The van der Waals surface area contributed by atoms with E-state index in [0.717, 1.165) is 55.6 Å². The van der Waals surface area contributed by atoms with Crippen LogP contribution < -0.4 is 5.32 Å². The van der Waals surface area contributed by atoms with Crippen molar-refractivity contribution in [2.45, 2.75) is 38.7 Å². The Hall–Kier alpha value is -2.33. The summed E-state index contributed by atoms with van der Waals surface area (Å²) < 4.78 is 5.63. The molecule has 0 radical (unpaired) electrons. The summed E-state index contributed by atoms with van der Waals surface area (Å²) in [5, 5.41) is 3.00. The van der Waals surface area contributed by atoms with Crippen LogP contribution in [-0.2, 0) is 4.74 Å². The maximum Gasteiger partial charge on any atom is 0.321 e. The number of aryl methyl sites for hydroxylation is 1. The van der Waals surface area contributed by atoms with Crippen LogP contribution in [0.2, 0.25) is 0 Å². The van der Waals surface area contributed by atoms with Crippen molar-refractivity contribution in [3.8, 4) is 11.1 Å². The minimum atomic E-state index is -0.0709. The molecule has 1 aliphatic rings. The van der Waals surface area contributed by atoms with Gasteiger partial charge >= 0.3 is 6.03 Å². The molecule has 3 rings (SSSR count). The van der Waals surface area contributed by atoms with Crippen molar-refractivity contribution in [2.75, 3.05) is 25.5 Å². The number of nitrogens with one attached hydrogen (secondary N) is 1. The van der Waals surface area contributed by atoms with Crippen LogP contribution in [0.3, 0.4) is 0 Å². The first kappa shape index (κ1) is 18.5. The Balaban J connectivity index is 1.53. The molecule has 2 amide bonds. The van der Waals surface area contributed by atoms with Crippen molar-refractivity contribution in [3.63, 3.8) is 0 Å². The number of urea groups is 1. The topological polar surface area (TPSA) is 41.6 Å². The highest BCUT2D eigenvalue weighted by Crippen LogP contribution is 2.23. The van der Waals surface area contributed by atoms with Crippen molar-refractivity contribution < 1.29 is 9.53 Å². The Morgan fingerprint density at radius 2 is 2.00 bits per heavy atom. The molecule has 0 aromatic heterocycles. The van der Waals surface area contributed by atoms with Crippen molar-refractivity contribution in [1.82, 2.24) is 4.90 Å². The van der Waals surface area contributed by atoms with Gasteiger partial charge in [0.2, 0.25) is 0 Å². The van der Waals surface area contributed by atoms with Gasteiger partial charge < -0.3 is 15.0 Å². The SMILES string of the molecule is Cc1ccc(-c2cccc(NC(=O)N(C)CCC[C@H]3CCCO3)c2)cc1. The molecule has 0 saturated carbocycles. The summed E-state index contributed by atoms with van der Waals surface area (Å²) in [6.07, 6.45) is 4.70. The highest BCUT2D eigenvalue weighted by molar-refractivity contribution is 5.90. The second-order valence-electron chi connectivity index (χ2n) is 7.08. The van der Waals surface area contributed by atoms with Crippen LogP contribution in [-0.4, -0.2) is 37.2 Å².